The van der Waals surface area contributed by atoms with Gasteiger partial charge in [0.1, 0.15) is 0 Å². The van der Waals surface area contributed by atoms with Gasteiger partial charge in [0.25, 0.3) is 0 Å². The number of hydrogen-bond donors (Lipinski definition) is 2. The van der Waals surface area contributed by atoms with Crippen molar-refractivity contribution in [2.75, 3.05) is 13.6 Å². The lowest BCUT2D eigenvalue weighted by Crippen LogP contribution is -2.16. The van der Waals surface area contributed by atoms with Crippen molar-refractivity contribution in [1.29, 1.82) is 0 Å². The molecule has 3 N–H and O–H groups in total. The van der Waals surface area contributed by atoms with Gasteiger partial charge in [-0.25, -0.2) is 0 Å². The molecule has 0 saturated heterocycles. The molecule has 0 bridgehead atoms. The van der Waals surface area contributed by atoms with E-state index < -0.39 is 0 Å². The van der Waals surface area contributed by atoms with Crippen molar-refractivity contribution in [3.63, 3.8) is 0 Å². The summed E-state index contributed by atoms with van der Waals surface area (Å²) in [7, 11) is 1.70. The minimum Gasteiger partial charge on any atom is -0.359 e. The van der Waals surface area contributed by atoms with Crippen molar-refractivity contribution >= 4 is 5.91 Å². The third kappa shape index (κ3) is 11.5. The lowest BCUT2D eigenvalue weighted by Gasteiger charge is -2.02. The summed E-state index contributed by atoms with van der Waals surface area (Å²) in [6, 6.07) is 0. The smallest absolute Gasteiger partial charge is 0.219 e. The first kappa shape index (κ1) is 15.4. The number of carbonyl (C=O) groups is 1. The highest BCUT2D eigenvalue weighted by Crippen LogP contribution is 2.10. The Morgan fingerprint density at radius 3 is 1.75 bits per heavy atom. The minimum atomic E-state index is 0.168. The second kappa shape index (κ2) is 12.5. The summed E-state index contributed by atoms with van der Waals surface area (Å²) >= 11 is 0. The van der Waals surface area contributed by atoms with Crippen LogP contribution in [0.1, 0.15) is 64.2 Å². The first-order valence-corrected chi connectivity index (χ1v) is 6.72. The molecular formula is C13H28N2O. The fraction of sp³-hybridized carbons (Fsp3) is 0.923. The SMILES string of the molecule is CNC(=O)CCCCCCCCCCCN. The van der Waals surface area contributed by atoms with Gasteiger partial charge in [0.2, 0.25) is 5.91 Å². The number of carbonyl (C=O) groups excluding carboxylic acids is 1. The highest BCUT2D eigenvalue weighted by Gasteiger charge is 1.97. The van der Waals surface area contributed by atoms with Gasteiger partial charge in [-0.3, -0.25) is 4.79 Å². The minimum absolute atomic E-state index is 0.168. The number of amides is 1. The van der Waals surface area contributed by atoms with Crippen LogP contribution in [0.25, 0.3) is 0 Å². The Kier molecular flexibility index (Phi) is 12.1. The molecule has 0 unspecified atom stereocenters. The van der Waals surface area contributed by atoms with E-state index in [-0.39, 0.29) is 5.91 Å². The topological polar surface area (TPSA) is 55.1 Å². The third-order valence-corrected chi connectivity index (χ3v) is 2.89. The monoisotopic (exact) mass is 228 g/mol. The van der Waals surface area contributed by atoms with Crippen LogP contribution in [0.15, 0.2) is 0 Å². The molecule has 0 aliphatic carbocycles. The predicted octanol–water partition coefficient (Wildman–Crippen LogP) is 2.59. The molecule has 0 aliphatic heterocycles. The number of nitrogens with two attached hydrogens (primary N) is 1. The van der Waals surface area contributed by atoms with Crippen LogP contribution in [0.5, 0.6) is 0 Å². The summed E-state index contributed by atoms with van der Waals surface area (Å²) in [5, 5.41) is 2.65. The van der Waals surface area contributed by atoms with Gasteiger partial charge in [-0.05, 0) is 19.4 Å². The fourth-order valence-corrected chi connectivity index (χ4v) is 1.79. The van der Waals surface area contributed by atoms with Crippen LogP contribution in [0.4, 0.5) is 0 Å². The summed E-state index contributed by atoms with van der Waals surface area (Å²) in [6.45, 7) is 0.833. The zero-order valence-electron chi connectivity index (χ0n) is 10.8. The van der Waals surface area contributed by atoms with Crippen molar-refractivity contribution in [3.8, 4) is 0 Å². The first-order chi connectivity index (χ1) is 7.81. The van der Waals surface area contributed by atoms with E-state index in [2.05, 4.69) is 5.32 Å². The lowest BCUT2D eigenvalue weighted by molar-refractivity contribution is -0.120. The van der Waals surface area contributed by atoms with Crippen LogP contribution in [-0.2, 0) is 4.79 Å². The maximum Gasteiger partial charge on any atom is 0.219 e. The molecule has 0 aliphatic rings. The van der Waals surface area contributed by atoms with Crippen molar-refractivity contribution in [2.24, 2.45) is 5.73 Å². The Morgan fingerprint density at radius 2 is 1.31 bits per heavy atom. The Bertz CT molecular complexity index is 160. The molecule has 3 heteroatoms. The van der Waals surface area contributed by atoms with Crippen LogP contribution in [0.2, 0.25) is 0 Å². The molecule has 0 aromatic carbocycles. The largest absolute Gasteiger partial charge is 0.359 e. The van der Waals surface area contributed by atoms with Crippen LogP contribution < -0.4 is 11.1 Å². The molecule has 0 aromatic heterocycles. The second-order valence-electron chi connectivity index (χ2n) is 4.39. The number of unbranched alkanes of at least 4 members (excludes halogenated alkanes) is 8. The van der Waals surface area contributed by atoms with Gasteiger partial charge in [0.05, 0.1) is 0 Å². The van der Waals surface area contributed by atoms with Gasteiger partial charge < -0.3 is 11.1 Å². The van der Waals surface area contributed by atoms with Crippen molar-refractivity contribution in [3.05, 3.63) is 0 Å². The van der Waals surface area contributed by atoms with E-state index >= 15 is 0 Å². The number of rotatable bonds is 11. The summed E-state index contributed by atoms with van der Waals surface area (Å²) < 4.78 is 0. The lowest BCUT2D eigenvalue weighted by atomic mass is 10.1. The van der Waals surface area contributed by atoms with E-state index in [9.17, 15) is 4.79 Å². The summed E-state index contributed by atoms with van der Waals surface area (Å²) in [5.41, 5.74) is 5.43. The molecule has 1 amide bonds. The third-order valence-electron chi connectivity index (χ3n) is 2.89. The van der Waals surface area contributed by atoms with Crippen LogP contribution in [0.3, 0.4) is 0 Å². The molecule has 0 spiro atoms. The molecule has 0 atom stereocenters. The maximum atomic E-state index is 10.9. The van der Waals surface area contributed by atoms with E-state index in [1.54, 1.807) is 7.05 Å². The molecule has 0 aromatic rings. The number of hydrogen-bond acceptors (Lipinski definition) is 2. The standard InChI is InChI=1S/C13H28N2O/c1-15-13(16)11-9-7-5-3-2-4-6-8-10-12-14/h2-12,14H2,1H3,(H,15,16). The summed E-state index contributed by atoms with van der Waals surface area (Å²) in [5.74, 6) is 0.168. The van der Waals surface area contributed by atoms with E-state index in [1.807, 2.05) is 0 Å². The Morgan fingerprint density at radius 1 is 0.875 bits per heavy atom. The van der Waals surface area contributed by atoms with Gasteiger partial charge in [-0.1, -0.05) is 44.9 Å². The van der Waals surface area contributed by atoms with E-state index in [0.717, 1.165) is 13.0 Å². The molecule has 0 heterocycles. The van der Waals surface area contributed by atoms with Gasteiger partial charge in [-0.15, -0.1) is 0 Å². The molecular weight excluding hydrogens is 200 g/mol. The predicted molar refractivity (Wildman–Crippen MR) is 69.3 cm³/mol. The molecule has 0 fully saturated rings. The Labute approximate surface area is 100 Å². The molecule has 96 valence electrons. The first-order valence-electron chi connectivity index (χ1n) is 6.72. The Hall–Kier alpha value is -0.570. The van der Waals surface area contributed by atoms with E-state index in [1.165, 1.54) is 51.4 Å². The normalized spacial score (nSPS) is 10.4. The average molecular weight is 228 g/mol. The molecule has 0 saturated carbocycles. The van der Waals surface area contributed by atoms with Gasteiger partial charge in [-0.2, -0.15) is 0 Å². The van der Waals surface area contributed by atoms with Crippen LogP contribution in [-0.4, -0.2) is 19.5 Å². The van der Waals surface area contributed by atoms with Crippen molar-refractivity contribution in [2.45, 2.75) is 64.2 Å². The summed E-state index contributed by atoms with van der Waals surface area (Å²) in [6.07, 6.45) is 12.0. The molecule has 0 rings (SSSR count). The quantitative estimate of drug-likeness (QED) is 0.534. The van der Waals surface area contributed by atoms with Gasteiger partial charge >= 0.3 is 0 Å². The van der Waals surface area contributed by atoms with Crippen molar-refractivity contribution in [1.82, 2.24) is 5.32 Å². The Balaban J connectivity index is 2.96. The van der Waals surface area contributed by atoms with Gasteiger partial charge in [0.15, 0.2) is 0 Å². The van der Waals surface area contributed by atoms with E-state index in [0.29, 0.717) is 6.42 Å². The van der Waals surface area contributed by atoms with Crippen LogP contribution >= 0.6 is 0 Å². The highest BCUT2D eigenvalue weighted by molar-refractivity contribution is 5.75. The van der Waals surface area contributed by atoms with Crippen molar-refractivity contribution < 1.29 is 4.79 Å². The molecule has 0 radical (unpaired) electrons. The van der Waals surface area contributed by atoms with Crippen LogP contribution in [0, 0.1) is 0 Å². The fourth-order valence-electron chi connectivity index (χ4n) is 1.79. The van der Waals surface area contributed by atoms with Gasteiger partial charge in [0, 0.05) is 13.5 Å². The zero-order valence-corrected chi connectivity index (χ0v) is 10.8. The molecule has 3 nitrogen and oxygen atoms in total. The maximum absolute atomic E-state index is 10.9. The number of nitrogens with one attached hydrogen (secondary N) is 1. The molecule has 16 heavy (non-hydrogen) atoms. The second-order valence-corrected chi connectivity index (χ2v) is 4.39. The van der Waals surface area contributed by atoms with E-state index in [4.69, 9.17) is 5.73 Å². The summed E-state index contributed by atoms with van der Waals surface area (Å²) in [4.78, 5) is 10.9. The zero-order chi connectivity index (χ0) is 12.1. The average Bonchev–Trinajstić information content (AvgIpc) is 2.31. The highest BCUT2D eigenvalue weighted by atomic mass is 16.1.